The van der Waals surface area contributed by atoms with Gasteiger partial charge in [0.05, 0.1) is 6.54 Å². The maximum absolute atomic E-state index is 12.9. The number of rotatable bonds is 6. The van der Waals surface area contributed by atoms with E-state index in [0.717, 1.165) is 12.8 Å². The SMILES string of the molecule is CCCCNC(=O)N1CCN(CC(F)(F)C(F)F)CC1. The van der Waals surface area contributed by atoms with E-state index < -0.39 is 18.9 Å². The molecule has 2 amide bonds. The highest BCUT2D eigenvalue weighted by Crippen LogP contribution is 2.24. The Labute approximate surface area is 116 Å². The van der Waals surface area contributed by atoms with Crippen LogP contribution in [0.3, 0.4) is 0 Å². The molecule has 1 heterocycles. The molecule has 0 bridgehead atoms. The minimum absolute atomic E-state index is 0.184. The molecule has 0 aliphatic carbocycles. The molecule has 0 aromatic carbocycles. The number of urea groups is 1. The number of alkyl halides is 4. The summed E-state index contributed by atoms with van der Waals surface area (Å²) in [5.74, 6) is -3.99. The van der Waals surface area contributed by atoms with Gasteiger partial charge >= 0.3 is 18.4 Å². The minimum Gasteiger partial charge on any atom is -0.338 e. The van der Waals surface area contributed by atoms with Gasteiger partial charge in [0.25, 0.3) is 0 Å². The van der Waals surface area contributed by atoms with Crippen molar-refractivity contribution in [1.82, 2.24) is 15.1 Å². The van der Waals surface area contributed by atoms with Gasteiger partial charge in [-0.25, -0.2) is 13.6 Å². The second-order valence-corrected chi connectivity index (χ2v) is 4.91. The lowest BCUT2D eigenvalue weighted by Gasteiger charge is -2.36. The van der Waals surface area contributed by atoms with Crippen LogP contribution in [0.25, 0.3) is 0 Å². The van der Waals surface area contributed by atoms with Crippen LogP contribution in [-0.4, -0.2) is 67.4 Å². The minimum atomic E-state index is -3.99. The lowest BCUT2D eigenvalue weighted by Crippen LogP contribution is -2.54. The molecule has 0 aromatic rings. The molecule has 4 nitrogen and oxygen atoms in total. The smallest absolute Gasteiger partial charge is 0.319 e. The Morgan fingerprint density at radius 1 is 1.25 bits per heavy atom. The van der Waals surface area contributed by atoms with Gasteiger partial charge < -0.3 is 10.2 Å². The van der Waals surface area contributed by atoms with Crippen molar-refractivity contribution in [2.45, 2.75) is 32.1 Å². The van der Waals surface area contributed by atoms with Crippen molar-refractivity contribution < 1.29 is 22.4 Å². The molecule has 0 aromatic heterocycles. The second-order valence-electron chi connectivity index (χ2n) is 4.91. The van der Waals surface area contributed by atoms with Gasteiger partial charge in [-0.15, -0.1) is 0 Å². The summed E-state index contributed by atoms with van der Waals surface area (Å²) < 4.78 is 50.0. The number of unbranched alkanes of at least 4 members (excludes halogenated alkanes) is 1. The molecule has 0 spiro atoms. The van der Waals surface area contributed by atoms with E-state index in [2.05, 4.69) is 5.32 Å². The predicted octanol–water partition coefficient (Wildman–Crippen LogP) is 2.01. The number of piperazine rings is 1. The maximum Gasteiger partial charge on any atom is 0.319 e. The Kier molecular flexibility index (Phi) is 6.51. The highest BCUT2D eigenvalue weighted by Gasteiger charge is 2.42. The van der Waals surface area contributed by atoms with Crippen LogP contribution < -0.4 is 5.32 Å². The summed E-state index contributed by atoms with van der Waals surface area (Å²) in [4.78, 5) is 14.5. The van der Waals surface area contributed by atoms with E-state index >= 15 is 0 Å². The predicted molar refractivity (Wildman–Crippen MR) is 67.3 cm³/mol. The lowest BCUT2D eigenvalue weighted by atomic mass is 10.2. The van der Waals surface area contributed by atoms with Crippen LogP contribution in [0, 0.1) is 0 Å². The summed E-state index contributed by atoms with van der Waals surface area (Å²) in [6.45, 7) is 2.55. The highest BCUT2D eigenvalue weighted by molar-refractivity contribution is 5.74. The first-order chi connectivity index (χ1) is 9.36. The first-order valence-corrected chi connectivity index (χ1v) is 6.78. The Morgan fingerprint density at radius 3 is 2.35 bits per heavy atom. The third kappa shape index (κ3) is 5.15. The molecular weight excluding hydrogens is 278 g/mol. The van der Waals surface area contributed by atoms with Crippen molar-refractivity contribution in [3.63, 3.8) is 0 Å². The summed E-state index contributed by atoms with van der Waals surface area (Å²) in [6, 6.07) is -0.223. The number of halogens is 4. The van der Waals surface area contributed by atoms with E-state index in [1.54, 1.807) is 0 Å². The van der Waals surface area contributed by atoms with Gasteiger partial charge in [0, 0.05) is 32.7 Å². The average molecular weight is 299 g/mol. The van der Waals surface area contributed by atoms with E-state index in [1.165, 1.54) is 9.80 Å². The number of carbonyl (C=O) groups excluding carboxylic acids is 1. The lowest BCUT2D eigenvalue weighted by molar-refractivity contribution is -0.144. The fourth-order valence-electron chi connectivity index (χ4n) is 1.96. The topological polar surface area (TPSA) is 35.6 Å². The Morgan fingerprint density at radius 2 is 1.85 bits per heavy atom. The van der Waals surface area contributed by atoms with Crippen LogP contribution >= 0.6 is 0 Å². The zero-order chi connectivity index (χ0) is 15.2. The molecule has 0 radical (unpaired) electrons. The molecule has 1 saturated heterocycles. The Balaban J connectivity index is 2.31. The highest BCUT2D eigenvalue weighted by atomic mass is 19.3. The van der Waals surface area contributed by atoms with Crippen molar-refractivity contribution in [1.29, 1.82) is 0 Å². The summed E-state index contributed by atoms with van der Waals surface area (Å²) >= 11 is 0. The standard InChI is InChI=1S/C12H21F4N3O/c1-2-3-4-17-11(20)19-7-5-18(6-8-19)9-12(15,16)10(13)14/h10H,2-9H2,1H3,(H,17,20). The molecule has 1 N–H and O–H groups in total. The second kappa shape index (κ2) is 7.66. The number of carbonyl (C=O) groups is 1. The fourth-order valence-corrected chi connectivity index (χ4v) is 1.96. The molecular formula is C12H21F4N3O. The van der Waals surface area contributed by atoms with Gasteiger partial charge in [0.15, 0.2) is 0 Å². The van der Waals surface area contributed by atoms with E-state index in [-0.39, 0.29) is 32.2 Å². The third-order valence-electron chi connectivity index (χ3n) is 3.22. The van der Waals surface area contributed by atoms with E-state index in [9.17, 15) is 22.4 Å². The number of nitrogens with one attached hydrogen (secondary N) is 1. The summed E-state index contributed by atoms with van der Waals surface area (Å²) in [5, 5.41) is 2.73. The number of amides is 2. The fraction of sp³-hybridized carbons (Fsp3) is 0.917. The summed E-state index contributed by atoms with van der Waals surface area (Å²) in [5.41, 5.74) is 0. The Bertz CT molecular complexity index is 307. The molecule has 1 aliphatic rings. The monoisotopic (exact) mass is 299 g/mol. The van der Waals surface area contributed by atoms with Gasteiger partial charge in [-0.05, 0) is 6.42 Å². The largest absolute Gasteiger partial charge is 0.338 e. The molecule has 118 valence electrons. The molecule has 1 aliphatic heterocycles. The van der Waals surface area contributed by atoms with Gasteiger partial charge in [0.2, 0.25) is 0 Å². The molecule has 8 heteroatoms. The van der Waals surface area contributed by atoms with Crippen LogP contribution in [0.4, 0.5) is 22.4 Å². The normalized spacial score (nSPS) is 17.6. The van der Waals surface area contributed by atoms with Crippen molar-refractivity contribution in [3.05, 3.63) is 0 Å². The first kappa shape index (κ1) is 17.0. The Hall–Kier alpha value is -1.05. The van der Waals surface area contributed by atoms with Crippen molar-refractivity contribution >= 4 is 6.03 Å². The number of hydrogen-bond donors (Lipinski definition) is 1. The number of nitrogens with zero attached hydrogens (tertiary/aromatic N) is 2. The van der Waals surface area contributed by atoms with Crippen molar-refractivity contribution in [2.75, 3.05) is 39.3 Å². The quantitative estimate of drug-likeness (QED) is 0.601. The van der Waals surface area contributed by atoms with Gasteiger partial charge in [0.1, 0.15) is 0 Å². The van der Waals surface area contributed by atoms with Crippen LogP contribution in [0.2, 0.25) is 0 Å². The molecule has 20 heavy (non-hydrogen) atoms. The van der Waals surface area contributed by atoms with E-state index in [0.29, 0.717) is 6.54 Å². The molecule has 0 saturated carbocycles. The summed E-state index contributed by atoms with van der Waals surface area (Å²) in [7, 11) is 0. The molecule has 1 rings (SSSR count). The average Bonchev–Trinajstić information content (AvgIpc) is 2.39. The molecule has 0 atom stereocenters. The first-order valence-electron chi connectivity index (χ1n) is 6.78. The van der Waals surface area contributed by atoms with Crippen LogP contribution in [0.5, 0.6) is 0 Å². The van der Waals surface area contributed by atoms with E-state index in [1.807, 2.05) is 6.92 Å². The molecule has 0 unspecified atom stereocenters. The third-order valence-corrected chi connectivity index (χ3v) is 3.22. The van der Waals surface area contributed by atoms with Crippen molar-refractivity contribution in [3.8, 4) is 0 Å². The van der Waals surface area contributed by atoms with Gasteiger partial charge in [-0.1, -0.05) is 13.3 Å². The van der Waals surface area contributed by atoms with Gasteiger partial charge in [-0.3, -0.25) is 4.90 Å². The zero-order valence-electron chi connectivity index (χ0n) is 11.5. The summed E-state index contributed by atoms with van der Waals surface area (Å²) in [6.07, 6.45) is -1.80. The van der Waals surface area contributed by atoms with Crippen LogP contribution in [-0.2, 0) is 0 Å². The van der Waals surface area contributed by atoms with Crippen LogP contribution in [0.1, 0.15) is 19.8 Å². The number of hydrogen-bond acceptors (Lipinski definition) is 2. The van der Waals surface area contributed by atoms with Crippen molar-refractivity contribution in [2.24, 2.45) is 0 Å². The maximum atomic E-state index is 12.9. The molecule has 1 fully saturated rings. The zero-order valence-corrected chi connectivity index (χ0v) is 11.5. The van der Waals surface area contributed by atoms with Gasteiger partial charge in [-0.2, -0.15) is 8.78 Å². The van der Waals surface area contributed by atoms with E-state index in [4.69, 9.17) is 0 Å². The van der Waals surface area contributed by atoms with Crippen LogP contribution in [0.15, 0.2) is 0 Å².